The molecule has 2 unspecified atom stereocenters. The van der Waals surface area contributed by atoms with Gasteiger partial charge in [0.05, 0.1) is 0 Å². The summed E-state index contributed by atoms with van der Waals surface area (Å²) < 4.78 is 11.8. The van der Waals surface area contributed by atoms with E-state index in [9.17, 15) is 4.21 Å². The Labute approximate surface area is 111 Å². The zero-order chi connectivity index (χ0) is 12.7. The van der Waals surface area contributed by atoms with Crippen LogP contribution in [-0.4, -0.2) is 16.0 Å². The van der Waals surface area contributed by atoms with Crippen molar-refractivity contribution in [1.29, 1.82) is 0 Å². The van der Waals surface area contributed by atoms with E-state index in [1.165, 1.54) is 0 Å². The maximum absolute atomic E-state index is 11.8. The number of halogens is 1. The second kappa shape index (κ2) is 7.85. The van der Waals surface area contributed by atoms with Crippen LogP contribution in [0.4, 0.5) is 0 Å². The molecule has 0 spiro atoms. The van der Waals surface area contributed by atoms with E-state index in [4.69, 9.17) is 17.3 Å². The largest absolute Gasteiger partial charge is 0.328 e. The van der Waals surface area contributed by atoms with Crippen molar-refractivity contribution in [1.82, 2.24) is 0 Å². The van der Waals surface area contributed by atoms with Crippen LogP contribution in [0.2, 0.25) is 5.02 Å². The minimum absolute atomic E-state index is 0.252. The first-order valence-electron chi connectivity index (χ1n) is 5.96. The summed E-state index contributed by atoms with van der Waals surface area (Å²) in [6.45, 7) is 2.08. The fraction of sp³-hybridized carbons (Fsp3) is 0.538. The van der Waals surface area contributed by atoms with E-state index in [0.29, 0.717) is 10.8 Å². The quantitative estimate of drug-likeness (QED) is 0.830. The Balaban J connectivity index is 2.27. The molecule has 17 heavy (non-hydrogen) atoms. The normalized spacial score (nSPS) is 14.5. The highest BCUT2D eigenvalue weighted by molar-refractivity contribution is 7.84. The second-order valence-corrected chi connectivity index (χ2v) is 6.24. The molecule has 2 N–H and O–H groups in total. The number of nitrogens with two attached hydrogens (primary N) is 1. The molecule has 0 radical (unpaired) electrons. The zero-order valence-corrected chi connectivity index (χ0v) is 11.8. The molecule has 2 atom stereocenters. The third kappa shape index (κ3) is 6.20. The van der Waals surface area contributed by atoms with Crippen molar-refractivity contribution in [2.75, 3.05) is 5.75 Å². The molecule has 4 heteroatoms. The minimum atomic E-state index is -0.795. The highest BCUT2D eigenvalue weighted by Gasteiger charge is 2.04. The SMILES string of the molecule is CCC(N)CCCS(=O)Cc1ccc(Cl)cc1. The molecule has 0 heterocycles. The fourth-order valence-electron chi connectivity index (χ4n) is 1.55. The Bertz CT molecular complexity index is 353. The van der Waals surface area contributed by atoms with Crippen molar-refractivity contribution < 1.29 is 4.21 Å². The van der Waals surface area contributed by atoms with E-state index in [0.717, 1.165) is 30.6 Å². The van der Waals surface area contributed by atoms with Gasteiger partial charge in [-0.05, 0) is 37.0 Å². The number of benzene rings is 1. The van der Waals surface area contributed by atoms with Crippen LogP contribution in [0.15, 0.2) is 24.3 Å². The van der Waals surface area contributed by atoms with Gasteiger partial charge in [-0.2, -0.15) is 0 Å². The van der Waals surface area contributed by atoms with E-state index in [1.54, 1.807) is 0 Å². The zero-order valence-electron chi connectivity index (χ0n) is 10.2. The average Bonchev–Trinajstić information content (AvgIpc) is 2.32. The molecule has 0 aliphatic carbocycles. The first-order valence-corrected chi connectivity index (χ1v) is 7.83. The number of hydrogen-bond acceptors (Lipinski definition) is 2. The molecule has 1 aromatic carbocycles. The van der Waals surface area contributed by atoms with Crippen LogP contribution in [0.1, 0.15) is 31.7 Å². The molecular formula is C13H20ClNOS. The van der Waals surface area contributed by atoms with Crippen LogP contribution < -0.4 is 5.73 Å². The first-order chi connectivity index (χ1) is 8.11. The molecular weight excluding hydrogens is 254 g/mol. The van der Waals surface area contributed by atoms with Gasteiger partial charge in [0.15, 0.2) is 0 Å². The molecule has 0 aliphatic heterocycles. The van der Waals surface area contributed by atoms with Gasteiger partial charge in [0.2, 0.25) is 0 Å². The Kier molecular flexibility index (Phi) is 6.78. The van der Waals surface area contributed by atoms with E-state index >= 15 is 0 Å². The van der Waals surface area contributed by atoms with Crippen molar-refractivity contribution >= 4 is 22.4 Å². The summed E-state index contributed by atoms with van der Waals surface area (Å²) in [6.07, 6.45) is 2.89. The molecule has 0 amide bonds. The van der Waals surface area contributed by atoms with Gasteiger partial charge >= 0.3 is 0 Å². The van der Waals surface area contributed by atoms with Gasteiger partial charge < -0.3 is 5.73 Å². The highest BCUT2D eigenvalue weighted by Crippen LogP contribution is 2.11. The predicted molar refractivity (Wildman–Crippen MR) is 75.7 cm³/mol. The van der Waals surface area contributed by atoms with Crippen LogP contribution in [0, 0.1) is 0 Å². The topological polar surface area (TPSA) is 43.1 Å². The Morgan fingerprint density at radius 2 is 2.00 bits per heavy atom. The Hall–Kier alpha value is -0.380. The third-order valence-electron chi connectivity index (χ3n) is 2.71. The van der Waals surface area contributed by atoms with Crippen LogP contribution >= 0.6 is 11.6 Å². The smallest absolute Gasteiger partial charge is 0.0485 e. The monoisotopic (exact) mass is 273 g/mol. The van der Waals surface area contributed by atoms with Gasteiger partial charge in [-0.25, -0.2) is 0 Å². The van der Waals surface area contributed by atoms with Gasteiger partial charge in [0.25, 0.3) is 0 Å². The number of rotatable bonds is 7. The van der Waals surface area contributed by atoms with Crippen LogP contribution in [0.5, 0.6) is 0 Å². The summed E-state index contributed by atoms with van der Waals surface area (Å²) in [5.41, 5.74) is 6.89. The summed E-state index contributed by atoms with van der Waals surface area (Å²) in [4.78, 5) is 0. The summed E-state index contributed by atoms with van der Waals surface area (Å²) in [5, 5.41) is 0.716. The Morgan fingerprint density at radius 1 is 1.35 bits per heavy atom. The average molecular weight is 274 g/mol. The van der Waals surface area contributed by atoms with Crippen molar-refractivity contribution in [3.63, 3.8) is 0 Å². The third-order valence-corrected chi connectivity index (χ3v) is 4.36. The van der Waals surface area contributed by atoms with Gasteiger partial charge in [0.1, 0.15) is 0 Å². The summed E-state index contributed by atoms with van der Waals surface area (Å²) in [6, 6.07) is 7.78. The van der Waals surface area contributed by atoms with Gasteiger partial charge in [0, 0.05) is 33.4 Å². The molecule has 0 aromatic heterocycles. The lowest BCUT2D eigenvalue weighted by atomic mass is 10.1. The number of hydrogen-bond donors (Lipinski definition) is 1. The molecule has 0 saturated heterocycles. The van der Waals surface area contributed by atoms with Gasteiger partial charge in [-0.3, -0.25) is 4.21 Å². The van der Waals surface area contributed by atoms with Crippen LogP contribution in [0.25, 0.3) is 0 Å². The fourth-order valence-corrected chi connectivity index (χ4v) is 2.87. The Morgan fingerprint density at radius 3 is 2.59 bits per heavy atom. The van der Waals surface area contributed by atoms with Crippen molar-refractivity contribution in [2.45, 2.75) is 38.0 Å². The van der Waals surface area contributed by atoms with Crippen molar-refractivity contribution in [3.05, 3.63) is 34.9 Å². The molecule has 0 saturated carbocycles. The maximum Gasteiger partial charge on any atom is 0.0485 e. The lowest BCUT2D eigenvalue weighted by Gasteiger charge is -2.08. The second-order valence-electron chi connectivity index (χ2n) is 4.23. The van der Waals surface area contributed by atoms with Crippen molar-refractivity contribution in [3.8, 4) is 0 Å². The lowest BCUT2D eigenvalue weighted by Crippen LogP contribution is -2.19. The van der Waals surface area contributed by atoms with E-state index in [2.05, 4.69) is 6.92 Å². The molecule has 0 aliphatic rings. The predicted octanol–water partition coefficient (Wildman–Crippen LogP) is 3.11. The highest BCUT2D eigenvalue weighted by atomic mass is 35.5. The first kappa shape index (κ1) is 14.7. The lowest BCUT2D eigenvalue weighted by molar-refractivity contribution is 0.586. The molecule has 0 bridgehead atoms. The minimum Gasteiger partial charge on any atom is -0.328 e. The standard InChI is InChI=1S/C13H20ClNOS/c1-2-13(15)4-3-9-17(16)10-11-5-7-12(14)8-6-11/h5-8,13H,2-4,9-10,15H2,1H3. The van der Waals surface area contributed by atoms with Crippen LogP contribution in [0.3, 0.4) is 0 Å². The summed E-state index contributed by atoms with van der Waals surface area (Å²) in [5.74, 6) is 1.34. The van der Waals surface area contributed by atoms with E-state index in [-0.39, 0.29) is 6.04 Å². The molecule has 0 fully saturated rings. The van der Waals surface area contributed by atoms with Crippen molar-refractivity contribution in [2.24, 2.45) is 5.73 Å². The van der Waals surface area contributed by atoms with Gasteiger partial charge in [-0.15, -0.1) is 0 Å². The van der Waals surface area contributed by atoms with Gasteiger partial charge in [-0.1, -0.05) is 30.7 Å². The molecule has 1 rings (SSSR count). The summed E-state index contributed by atoms with van der Waals surface area (Å²) in [7, 11) is -0.795. The molecule has 96 valence electrons. The maximum atomic E-state index is 11.8. The van der Waals surface area contributed by atoms with Crippen LogP contribution in [-0.2, 0) is 16.6 Å². The van der Waals surface area contributed by atoms with E-state index in [1.807, 2.05) is 24.3 Å². The molecule has 2 nitrogen and oxygen atoms in total. The van der Waals surface area contributed by atoms with E-state index < -0.39 is 10.8 Å². The molecule has 1 aromatic rings. The summed E-state index contributed by atoms with van der Waals surface area (Å²) >= 11 is 5.79.